The molecular formula is C25H31NO5. The van der Waals surface area contributed by atoms with Crippen LogP contribution < -0.4 is 19.9 Å². The van der Waals surface area contributed by atoms with Gasteiger partial charge in [0.25, 0.3) is 11.7 Å². The Balaban J connectivity index is 1.76. The molecule has 2 aliphatic rings. The number of nitrogens with two attached hydrogens (primary N) is 1. The molecule has 6 nitrogen and oxygen atoms in total. The summed E-state index contributed by atoms with van der Waals surface area (Å²) in [6.45, 7) is 12.3. The van der Waals surface area contributed by atoms with Crippen molar-refractivity contribution >= 4 is 5.91 Å². The van der Waals surface area contributed by atoms with Crippen LogP contribution in [0.3, 0.4) is 0 Å². The summed E-state index contributed by atoms with van der Waals surface area (Å²) in [5, 5.41) is 10.2. The number of phenols is 1. The van der Waals surface area contributed by atoms with Gasteiger partial charge in [0.05, 0.1) is 0 Å². The Morgan fingerprint density at radius 2 is 1.48 bits per heavy atom. The predicted molar refractivity (Wildman–Crippen MR) is 118 cm³/mol. The summed E-state index contributed by atoms with van der Waals surface area (Å²) in [5.74, 6) is 1.09. The lowest BCUT2D eigenvalue weighted by Crippen LogP contribution is -2.55. The third-order valence-corrected chi connectivity index (χ3v) is 6.42. The van der Waals surface area contributed by atoms with E-state index in [9.17, 15) is 9.90 Å². The van der Waals surface area contributed by atoms with Crippen LogP contribution in [0, 0.1) is 13.8 Å². The van der Waals surface area contributed by atoms with Crippen LogP contribution in [0.15, 0.2) is 24.3 Å². The van der Waals surface area contributed by atoms with Gasteiger partial charge in [0.2, 0.25) is 0 Å². The maximum atomic E-state index is 11.1. The third-order valence-electron chi connectivity index (χ3n) is 6.42. The molecule has 1 unspecified atom stereocenters. The van der Waals surface area contributed by atoms with E-state index in [1.165, 1.54) is 0 Å². The molecule has 1 atom stereocenters. The van der Waals surface area contributed by atoms with Crippen LogP contribution in [0.2, 0.25) is 0 Å². The van der Waals surface area contributed by atoms with Crippen molar-refractivity contribution in [3.8, 4) is 23.0 Å². The Morgan fingerprint density at radius 3 is 2.03 bits per heavy atom. The van der Waals surface area contributed by atoms with E-state index in [0.29, 0.717) is 18.6 Å². The number of rotatable bonds is 3. The van der Waals surface area contributed by atoms with Gasteiger partial charge in [-0.1, -0.05) is 27.7 Å². The van der Waals surface area contributed by atoms with Gasteiger partial charge in [0.1, 0.15) is 23.0 Å². The molecule has 0 radical (unpaired) electrons. The Morgan fingerprint density at radius 1 is 0.968 bits per heavy atom. The van der Waals surface area contributed by atoms with Gasteiger partial charge in [-0.3, -0.25) is 4.79 Å². The fourth-order valence-corrected chi connectivity index (χ4v) is 5.03. The number of amides is 1. The van der Waals surface area contributed by atoms with Crippen molar-refractivity contribution in [3.63, 3.8) is 0 Å². The van der Waals surface area contributed by atoms with Crippen LogP contribution >= 0.6 is 0 Å². The quantitative estimate of drug-likeness (QED) is 0.761. The highest BCUT2D eigenvalue weighted by Gasteiger charge is 2.53. The Kier molecular flexibility index (Phi) is 4.69. The molecule has 4 rings (SSSR count). The predicted octanol–water partition coefficient (Wildman–Crippen LogP) is 4.39. The van der Waals surface area contributed by atoms with Gasteiger partial charge >= 0.3 is 0 Å². The van der Waals surface area contributed by atoms with E-state index in [0.717, 1.165) is 33.8 Å². The zero-order chi connectivity index (χ0) is 22.8. The highest BCUT2D eigenvalue weighted by Crippen LogP contribution is 2.55. The number of aryl methyl sites for hydroxylation is 2. The second kappa shape index (κ2) is 6.81. The molecule has 6 heteroatoms. The molecule has 2 aromatic carbocycles. The van der Waals surface area contributed by atoms with Crippen molar-refractivity contribution in [2.75, 3.05) is 6.61 Å². The van der Waals surface area contributed by atoms with Crippen LogP contribution in [0.4, 0.5) is 0 Å². The number of ether oxygens (including phenoxy) is 3. The van der Waals surface area contributed by atoms with Gasteiger partial charge in [-0.25, -0.2) is 0 Å². The molecule has 0 aromatic heterocycles. The van der Waals surface area contributed by atoms with Gasteiger partial charge in [0, 0.05) is 34.8 Å². The first-order valence-corrected chi connectivity index (χ1v) is 10.6. The highest BCUT2D eigenvalue weighted by atomic mass is 16.7. The molecule has 0 saturated heterocycles. The fraction of sp³-hybridized carbons (Fsp3) is 0.480. The van der Waals surface area contributed by atoms with E-state index in [2.05, 4.69) is 27.7 Å². The summed E-state index contributed by atoms with van der Waals surface area (Å²) in [6.07, 6.45) is 1.30. The van der Waals surface area contributed by atoms with Gasteiger partial charge in [-0.15, -0.1) is 0 Å². The molecule has 31 heavy (non-hydrogen) atoms. The molecule has 0 saturated carbocycles. The largest absolute Gasteiger partial charge is 0.508 e. The lowest BCUT2D eigenvalue weighted by molar-refractivity contribution is -0.166. The van der Waals surface area contributed by atoms with E-state index in [1.54, 1.807) is 0 Å². The number of phenolic OH excluding ortho intramolecular Hbond substituents is 1. The van der Waals surface area contributed by atoms with Gasteiger partial charge in [-0.2, -0.15) is 0 Å². The lowest BCUT2D eigenvalue weighted by Gasteiger charge is -2.51. The molecule has 1 amide bonds. The Hall–Kier alpha value is -2.89. The van der Waals surface area contributed by atoms with Crippen LogP contribution in [0.5, 0.6) is 23.0 Å². The Labute approximate surface area is 183 Å². The topological polar surface area (TPSA) is 91.0 Å². The number of hydrogen-bond donors (Lipinski definition) is 2. The standard InChI is InChI=1S/C25H31NO5/c1-14-7-20-16(9-18(14)27)23(3,4)12-25(30-20)13-24(5,6)17-10-19(29-11-22(26)28)15(2)8-21(17)31-25/h7-10,27H,11-13H2,1-6H3,(H2,26,28). The second-order valence-electron chi connectivity index (χ2n) is 10.2. The average molecular weight is 426 g/mol. The third kappa shape index (κ3) is 3.68. The number of carbonyl (C=O) groups is 1. The molecular weight excluding hydrogens is 394 g/mol. The molecule has 2 aromatic rings. The summed E-state index contributed by atoms with van der Waals surface area (Å²) in [7, 11) is 0. The summed E-state index contributed by atoms with van der Waals surface area (Å²) in [5.41, 5.74) is 8.37. The number of fused-ring (bicyclic) bond motifs is 2. The van der Waals surface area contributed by atoms with Crippen LogP contribution in [0.1, 0.15) is 62.8 Å². The van der Waals surface area contributed by atoms with Crippen molar-refractivity contribution in [2.45, 2.75) is 71.0 Å². The number of carbonyl (C=O) groups excluding carboxylic acids is 1. The zero-order valence-corrected chi connectivity index (χ0v) is 19.1. The van der Waals surface area contributed by atoms with Crippen LogP contribution in [0.25, 0.3) is 0 Å². The molecule has 2 heterocycles. The smallest absolute Gasteiger partial charge is 0.255 e. The van der Waals surface area contributed by atoms with E-state index in [4.69, 9.17) is 19.9 Å². The van der Waals surface area contributed by atoms with E-state index >= 15 is 0 Å². The van der Waals surface area contributed by atoms with E-state index < -0.39 is 11.7 Å². The molecule has 2 aliphatic heterocycles. The van der Waals surface area contributed by atoms with Crippen molar-refractivity contribution in [3.05, 3.63) is 46.5 Å². The van der Waals surface area contributed by atoms with Crippen molar-refractivity contribution in [2.24, 2.45) is 5.73 Å². The average Bonchev–Trinajstić information content (AvgIpc) is 2.60. The van der Waals surface area contributed by atoms with E-state index in [-0.39, 0.29) is 23.2 Å². The summed E-state index contributed by atoms with van der Waals surface area (Å²) in [4.78, 5) is 11.1. The van der Waals surface area contributed by atoms with Crippen molar-refractivity contribution in [1.29, 1.82) is 0 Å². The maximum Gasteiger partial charge on any atom is 0.255 e. The summed E-state index contributed by atoms with van der Waals surface area (Å²) < 4.78 is 18.7. The Bertz CT molecular complexity index is 1070. The minimum atomic E-state index is -0.821. The number of aromatic hydroxyl groups is 1. The molecule has 0 bridgehead atoms. The van der Waals surface area contributed by atoms with Crippen molar-refractivity contribution < 1.29 is 24.1 Å². The first kappa shape index (κ1) is 21.3. The molecule has 0 fully saturated rings. The second-order valence-corrected chi connectivity index (χ2v) is 10.2. The number of benzene rings is 2. The zero-order valence-electron chi connectivity index (χ0n) is 19.1. The minimum Gasteiger partial charge on any atom is -0.508 e. The van der Waals surface area contributed by atoms with E-state index in [1.807, 2.05) is 38.1 Å². The highest BCUT2D eigenvalue weighted by molar-refractivity contribution is 5.75. The number of hydrogen-bond acceptors (Lipinski definition) is 5. The van der Waals surface area contributed by atoms with Crippen molar-refractivity contribution in [1.82, 2.24) is 0 Å². The normalized spacial score (nSPS) is 22.6. The summed E-state index contributed by atoms with van der Waals surface area (Å²) >= 11 is 0. The first-order chi connectivity index (χ1) is 14.3. The van der Waals surface area contributed by atoms with Crippen LogP contribution in [-0.2, 0) is 15.6 Å². The number of primary amides is 1. The monoisotopic (exact) mass is 425 g/mol. The SMILES string of the molecule is Cc1cc2c(cc1O)C(C)(C)CC1(CC(C)(C)c3cc(OCC(N)=O)c(C)cc3O1)O2. The van der Waals surface area contributed by atoms with Crippen LogP contribution in [-0.4, -0.2) is 23.4 Å². The summed E-state index contributed by atoms with van der Waals surface area (Å²) in [6, 6.07) is 7.60. The molecule has 3 N–H and O–H groups in total. The first-order valence-electron chi connectivity index (χ1n) is 10.6. The fourth-order valence-electron chi connectivity index (χ4n) is 5.03. The maximum absolute atomic E-state index is 11.1. The molecule has 0 aliphatic carbocycles. The van der Waals surface area contributed by atoms with Gasteiger partial charge in [-0.05, 0) is 49.2 Å². The van der Waals surface area contributed by atoms with Gasteiger partial charge in [0.15, 0.2) is 6.61 Å². The molecule has 1 spiro atoms. The van der Waals surface area contributed by atoms with Gasteiger partial charge < -0.3 is 25.1 Å². The lowest BCUT2D eigenvalue weighted by atomic mass is 9.69. The minimum absolute atomic E-state index is 0.162. The molecule has 166 valence electrons.